The molecule has 0 aromatic rings. The van der Waals surface area contributed by atoms with Crippen molar-refractivity contribution in [3.05, 3.63) is 0 Å². The van der Waals surface area contributed by atoms with Gasteiger partial charge in [0.15, 0.2) is 0 Å². The van der Waals surface area contributed by atoms with Gasteiger partial charge in [-0.3, -0.25) is 4.79 Å². The van der Waals surface area contributed by atoms with Gasteiger partial charge in [-0.25, -0.2) is 0 Å². The van der Waals surface area contributed by atoms with E-state index in [1.54, 1.807) is 0 Å². The number of carbonyl (C=O) groups is 1. The van der Waals surface area contributed by atoms with Crippen molar-refractivity contribution >= 4 is 5.91 Å². The minimum absolute atomic E-state index is 0.207. The van der Waals surface area contributed by atoms with Gasteiger partial charge in [-0.2, -0.15) is 0 Å². The standard InChI is InChI=1S/C17H34N2O2/c1-4-6-8-14(5-2)13-21-12-10-15-9-7-11-17(15,19-3)16(18)20/h14-15,19H,4-13H2,1-3H3,(H2,18,20). The van der Waals surface area contributed by atoms with Crippen LogP contribution in [-0.2, 0) is 9.53 Å². The van der Waals surface area contributed by atoms with E-state index in [2.05, 4.69) is 19.2 Å². The predicted octanol–water partition coefficient (Wildman–Crippen LogP) is 2.85. The van der Waals surface area contributed by atoms with Crippen LogP contribution >= 0.6 is 0 Å². The van der Waals surface area contributed by atoms with Crippen LogP contribution < -0.4 is 11.1 Å². The number of ether oxygens (including phenoxy) is 1. The van der Waals surface area contributed by atoms with Crippen molar-refractivity contribution in [3.63, 3.8) is 0 Å². The zero-order valence-corrected chi connectivity index (χ0v) is 14.1. The molecule has 1 saturated carbocycles. The summed E-state index contributed by atoms with van der Waals surface area (Å²) in [5.41, 5.74) is 5.12. The molecule has 1 aliphatic carbocycles. The summed E-state index contributed by atoms with van der Waals surface area (Å²) in [7, 11) is 1.85. The van der Waals surface area contributed by atoms with Gasteiger partial charge in [0, 0.05) is 13.2 Å². The number of unbranched alkanes of at least 4 members (excludes halogenated alkanes) is 1. The molecular formula is C17H34N2O2. The summed E-state index contributed by atoms with van der Waals surface area (Å²) in [6.07, 6.45) is 8.91. The van der Waals surface area contributed by atoms with E-state index in [4.69, 9.17) is 10.5 Å². The first kappa shape index (κ1) is 18.4. The van der Waals surface area contributed by atoms with E-state index in [1.165, 1.54) is 25.7 Å². The second-order valence-electron chi connectivity index (χ2n) is 6.45. The summed E-state index contributed by atoms with van der Waals surface area (Å²) in [5.74, 6) is 0.788. The first-order chi connectivity index (χ1) is 10.1. The van der Waals surface area contributed by atoms with E-state index in [-0.39, 0.29) is 5.91 Å². The minimum Gasteiger partial charge on any atom is -0.381 e. The summed E-state index contributed by atoms with van der Waals surface area (Å²) in [5, 5.41) is 3.19. The lowest BCUT2D eigenvalue weighted by molar-refractivity contribution is -0.126. The van der Waals surface area contributed by atoms with E-state index >= 15 is 0 Å². The maximum Gasteiger partial charge on any atom is 0.238 e. The van der Waals surface area contributed by atoms with Crippen molar-refractivity contribution in [1.82, 2.24) is 5.32 Å². The monoisotopic (exact) mass is 298 g/mol. The molecule has 0 aromatic carbocycles. The molecule has 1 rings (SSSR count). The average molecular weight is 298 g/mol. The lowest BCUT2D eigenvalue weighted by atomic mass is 9.84. The SMILES string of the molecule is CCCCC(CC)COCCC1CCCC1(NC)C(N)=O. The number of nitrogens with one attached hydrogen (secondary N) is 1. The van der Waals surface area contributed by atoms with Crippen molar-refractivity contribution in [2.75, 3.05) is 20.3 Å². The Labute approximate surface area is 130 Å². The summed E-state index contributed by atoms with van der Waals surface area (Å²) in [6, 6.07) is 0. The molecule has 0 aliphatic heterocycles. The molecule has 1 aliphatic rings. The fourth-order valence-corrected chi connectivity index (χ4v) is 3.62. The number of hydrogen-bond acceptors (Lipinski definition) is 3. The molecule has 124 valence electrons. The predicted molar refractivity (Wildman–Crippen MR) is 87.1 cm³/mol. The van der Waals surface area contributed by atoms with Crippen LogP contribution in [0.2, 0.25) is 0 Å². The summed E-state index contributed by atoms with van der Waals surface area (Å²) in [4.78, 5) is 11.8. The number of amides is 1. The van der Waals surface area contributed by atoms with E-state index in [0.717, 1.165) is 38.9 Å². The van der Waals surface area contributed by atoms with E-state index in [9.17, 15) is 4.79 Å². The quantitative estimate of drug-likeness (QED) is 0.576. The number of carbonyl (C=O) groups excluding carboxylic acids is 1. The molecule has 3 atom stereocenters. The third-order valence-electron chi connectivity index (χ3n) is 5.21. The van der Waals surface area contributed by atoms with Crippen LogP contribution in [0.1, 0.15) is 65.2 Å². The highest BCUT2D eigenvalue weighted by atomic mass is 16.5. The van der Waals surface area contributed by atoms with Crippen molar-refractivity contribution in [2.45, 2.75) is 70.8 Å². The summed E-state index contributed by atoms with van der Waals surface area (Å²) >= 11 is 0. The van der Waals surface area contributed by atoms with Crippen LogP contribution in [0.15, 0.2) is 0 Å². The Bertz CT molecular complexity index is 309. The molecule has 0 saturated heterocycles. The minimum atomic E-state index is -0.504. The highest BCUT2D eigenvalue weighted by Gasteiger charge is 2.46. The smallest absolute Gasteiger partial charge is 0.238 e. The van der Waals surface area contributed by atoms with Gasteiger partial charge in [0.2, 0.25) is 5.91 Å². The normalized spacial score (nSPS) is 26.9. The number of rotatable bonds is 11. The van der Waals surface area contributed by atoms with Gasteiger partial charge >= 0.3 is 0 Å². The number of hydrogen-bond donors (Lipinski definition) is 2. The Hall–Kier alpha value is -0.610. The van der Waals surface area contributed by atoms with Gasteiger partial charge in [-0.1, -0.05) is 39.5 Å². The zero-order valence-electron chi connectivity index (χ0n) is 14.1. The lowest BCUT2D eigenvalue weighted by Crippen LogP contribution is -2.56. The molecule has 0 spiro atoms. The van der Waals surface area contributed by atoms with Crippen molar-refractivity contribution in [1.29, 1.82) is 0 Å². The highest BCUT2D eigenvalue weighted by Crippen LogP contribution is 2.37. The third kappa shape index (κ3) is 4.96. The van der Waals surface area contributed by atoms with Crippen LogP contribution in [0.4, 0.5) is 0 Å². The average Bonchev–Trinajstić information content (AvgIpc) is 2.90. The Kier molecular flexibility index (Phi) is 8.27. The van der Waals surface area contributed by atoms with Gasteiger partial charge < -0.3 is 15.8 Å². The lowest BCUT2D eigenvalue weighted by Gasteiger charge is -2.32. The maximum atomic E-state index is 11.8. The van der Waals surface area contributed by atoms with Crippen molar-refractivity contribution in [3.8, 4) is 0 Å². The summed E-state index contributed by atoms with van der Waals surface area (Å²) in [6.45, 7) is 6.06. The van der Waals surface area contributed by atoms with Crippen LogP contribution in [0.5, 0.6) is 0 Å². The molecule has 3 unspecified atom stereocenters. The number of nitrogens with two attached hydrogens (primary N) is 1. The molecule has 1 amide bonds. The van der Waals surface area contributed by atoms with Crippen molar-refractivity contribution < 1.29 is 9.53 Å². The molecule has 4 nitrogen and oxygen atoms in total. The number of likely N-dealkylation sites (N-methyl/N-ethyl adjacent to an activating group) is 1. The molecule has 3 N–H and O–H groups in total. The molecule has 0 aromatic heterocycles. The first-order valence-corrected chi connectivity index (χ1v) is 8.67. The molecular weight excluding hydrogens is 264 g/mol. The molecule has 0 heterocycles. The molecule has 0 radical (unpaired) electrons. The van der Waals surface area contributed by atoms with Crippen LogP contribution in [0, 0.1) is 11.8 Å². The molecule has 0 bridgehead atoms. The molecule has 1 fully saturated rings. The first-order valence-electron chi connectivity index (χ1n) is 8.67. The molecule has 21 heavy (non-hydrogen) atoms. The largest absolute Gasteiger partial charge is 0.381 e. The topological polar surface area (TPSA) is 64.3 Å². The van der Waals surface area contributed by atoms with Gasteiger partial charge in [0.25, 0.3) is 0 Å². The third-order valence-corrected chi connectivity index (χ3v) is 5.21. The Morgan fingerprint density at radius 3 is 2.81 bits per heavy atom. The van der Waals surface area contributed by atoms with Crippen LogP contribution in [-0.4, -0.2) is 31.7 Å². The Morgan fingerprint density at radius 2 is 2.24 bits per heavy atom. The molecule has 4 heteroatoms. The fourth-order valence-electron chi connectivity index (χ4n) is 3.62. The maximum absolute atomic E-state index is 11.8. The zero-order chi connectivity index (χ0) is 15.7. The summed E-state index contributed by atoms with van der Waals surface area (Å²) < 4.78 is 5.88. The van der Waals surface area contributed by atoms with Gasteiger partial charge in [0.1, 0.15) is 5.54 Å². The van der Waals surface area contributed by atoms with E-state index < -0.39 is 5.54 Å². The van der Waals surface area contributed by atoms with Gasteiger partial charge in [-0.15, -0.1) is 0 Å². The Balaban J connectivity index is 2.32. The second kappa shape index (κ2) is 9.42. The van der Waals surface area contributed by atoms with Crippen LogP contribution in [0.3, 0.4) is 0 Å². The van der Waals surface area contributed by atoms with Gasteiger partial charge in [0.05, 0.1) is 0 Å². The fraction of sp³-hybridized carbons (Fsp3) is 0.941. The Morgan fingerprint density at radius 1 is 1.48 bits per heavy atom. The van der Waals surface area contributed by atoms with Crippen LogP contribution in [0.25, 0.3) is 0 Å². The second-order valence-corrected chi connectivity index (χ2v) is 6.45. The number of primary amides is 1. The van der Waals surface area contributed by atoms with E-state index in [1.807, 2.05) is 7.05 Å². The van der Waals surface area contributed by atoms with Gasteiger partial charge in [-0.05, 0) is 44.6 Å². The van der Waals surface area contributed by atoms with E-state index in [0.29, 0.717) is 11.8 Å². The van der Waals surface area contributed by atoms with Crippen molar-refractivity contribution in [2.24, 2.45) is 17.6 Å². The highest BCUT2D eigenvalue weighted by molar-refractivity contribution is 5.85.